The van der Waals surface area contributed by atoms with Gasteiger partial charge in [0.05, 0.1) is 12.3 Å². The number of hydrogen-bond acceptors (Lipinski definition) is 3. The van der Waals surface area contributed by atoms with Crippen LogP contribution in [0.2, 0.25) is 0 Å². The fourth-order valence-corrected chi connectivity index (χ4v) is 3.39. The maximum atomic E-state index is 9.23. The third-order valence-electron chi connectivity index (χ3n) is 5.15. The molecule has 0 unspecified atom stereocenters. The summed E-state index contributed by atoms with van der Waals surface area (Å²) in [4.78, 5) is 12.3. The van der Waals surface area contributed by atoms with E-state index in [1.165, 1.54) is 11.1 Å². The lowest BCUT2D eigenvalue weighted by atomic mass is 9.86. The van der Waals surface area contributed by atoms with Gasteiger partial charge in [0, 0.05) is 17.5 Å². The number of benzene rings is 2. The molecule has 142 valence electrons. The second-order valence-corrected chi connectivity index (χ2v) is 8.24. The zero-order chi connectivity index (χ0) is 19.7. The molecule has 28 heavy (non-hydrogen) atoms. The Balaban J connectivity index is 1.65. The van der Waals surface area contributed by atoms with Crippen LogP contribution in [0.5, 0.6) is 0 Å². The third-order valence-corrected chi connectivity index (χ3v) is 5.15. The van der Waals surface area contributed by atoms with E-state index in [1.807, 2.05) is 24.3 Å². The van der Waals surface area contributed by atoms with Crippen LogP contribution in [0.25, 0.3) is 22.3 Å². The Bertz CT molecular complexity index is 1090. The fourth-order valence-electron chi connectivity index (χ4n) is 3.39. The first-order valence-corrected chi connectivity index (χ1v) is 9.56. The average molecular weight is 371 g/mol. The van der Waals surface area contributed by atoms with Gasteiger partial charge in [-0.2, -0.15) is 0 Å². The largest absolute Gasteiger partial charge is 0.392 e. The van der Waals surface area contributed by atoms with E-state index in [0.717, 1.165) is 40.0 Å². The third kappa shape index (κ3) is 3.69. The van der Waals surface area contributed by atoms with Crippen molar-refractivity contribution < 1.29 is 5.11 Å². The summed E-state index contributed by atoms with van der Waals surface area (Å²) in [6.45, 7) is 6.73. The van der Waals surface area contributed by atoms with Crippen LogP contribution in [0.1, 0.15) is 43.2 Å². The minimum atomic E-state index is 0.0522. The van der Waals surface area contributed by atoms with Gasteiger partial charge in [-0.3, -0.25) is 0 Å². The predicted molar refractivity (Wildman–Crippen MR) is 113 cm³/mol. The molecule has 2 N–H and O–H groups in total. The quantitative estimate of drug-likeness (QED) is 0.530. The Morgan fingerprint density at radius 2 is 1.57 bits per heavy atom. The number of aromatic amines is 1. The second kappa shape index (κ2) is 7.21. The highest BCUT2D eigenvalue weighted by atomic mass is 16.3. The molecular formula is C24H25N3O. The molecule has 0 saturated heterocycles. The van der Waals surface area contributed by atoms with E-state index in [4.69, 9.17) is 0 Å². The Labute approximate surface area is 165 Å². The molecule has 0 aliphatic carbocycles. The number of H-pyrrole nitrogens is 1. The average Bonchev–Trinajstić information content (AvgIpc) is 3.13. The zero-order valence-electron chi connectivity index (χ0n) is 16.5. The summed E-state index contributed by atoms with van der Waals surface area (Å²) >= 11 is 0. The summed E-state index contributed by atoms with van der Waals surface area (Å²) in [6.07, 6.45) is 2.39. The van der Waals surface area contributed by atoms with Gasteiger partial charge in [0.1, 0.15) is 12.0 Å². The minimum absolute atomic E-state index is 0.0522. The van der Waals surface area contributed by atoms with Crippen molar-refractivity contribution >= 4 is 11.0 Å². The first-order chi connectivity index (χ1) is 13.4. The normalized spacial score (nSPS) is 11.9. The van der Waals surface area contributed by atoms with Crippen LogP contribution < -0.4 is 0 Å². The molecular weight excluding hydrogens is 346 g/mol. The van der Waals surface area contributed by atoms with E-state index in [9.17, 15) is 5.11 Å². The number of hydrogen-bond donors (Lipinski definition) is 2. The molecule has 2 heterocycles. The molecule has 0 bridgehead atoms. The molecule has 4 nitrogen and oxygen atoms in total. The van der Waals surface area contributed by atoms with E-state index < -0.39 is 0 Å². The molecule has 2 aromatic heterocycles. The van der Waals surface area contributed by atoms with Gasteiger partial charge in [-0.05, 0) is 33.7 Å². The lowest BCUT2D eigenvalue weighted by Crippen LogP contribution is -2.10. The van der Waals surface area contributed by atoms with E-state index in [0.29, 0.717) is 0 Å². The van der Waals surface area contributed by atoms with E-state index in [-0.39, 0.29) is 12.0 Å². The van der Waals surface area contributed by atoms with Gasteiger partial charge in [0.2, 0.25) is 0 Å². The van der Waals surface area contributed by atoms with Gasteiger partial charge in [-0.15, -0.1) is 0 Å². The van der Waals surface area contributed by atoms with E-state index >= 15 is 0 Å². The maximum absolute atomic E-state index is 9.23. The minimum Gasteiger partial charge on any atom is -0.392 e. The molecule has 0 aliphatic rings. The Morgan fingerprint density at radius 3 is 2.21 bits per heavy atom. The summed E-state index contributed by atoms with van der Waals surface area (Å²) < 4.78 is 0. The topological polar surface area (TPSA) is 61.8 Å². The van der Waals surface area contributed by atoms with Crippen molar-refractivity contribution in [2.24, 2.45) is 0 Å². The fraction of sp³-hybridized carbons (Fsp3) is 0.250. The molecule has 0 atom stereocenters. The highest BCUT2D eigenvalue weighted by Gasteiger charge is 2.14. The first-order valence-electron chi connectivity index (χ1n) is 9.56. The molecule has 0 amide bonds. The van der Waals surface area contributed by atoms with Crippen molar-refractivity contribution in [3.8, 4) is 11.3 Å². The smallest absolute Gasteiger partial charge is 0.141 e. The van der Waals surface area contributed by atoms with Crippen molar-refractivity contribution in [1.82, 2.24) is 15.0 Å². The number of nitrogens with one attached hydrogen (secondary N) is 1. The molecule has 4 rings (SSSR count). The lowest BCUT2D eigenvalue weighted by molar-refractivity contribution is 0.282. The van der Waals surface area contributed by atoms with Crippen molar-refractivity contribution in [1.29, 1.82) is 0 Å². The molecule has 4 aromatic rings. The van der Waals surface area contributed by atoms with Crippen LogP contribution in [-0.2, 0) is 18.4 Å². The van der Waals surface area contributed by atoms with E-state index in [2.05, 4.69) is 66.1 Å². The van der Waals surface area contributed by atoms with Gasteiger partial charge in [0.15, 0.2) is 0 Å². The Kier molecular flexibility index (Phi) is 4.73. The number of rotatable bonds is 4. The van der Waals surface area contributed by atoms with Crippen molar-refractivity contribution in [3.05, 3.63) is 83.3 Å². The summed E-state index contributed by atoms with van der Waals surface area (Å²) in [5.41, 5.74) is 7.56. The molecule has 0 aliphatic heterocycles. The molecule has 2 aromatic carbocycles. The standard InChI is InChI=1S/C24H25N3O/c1-24(2,3)19-10-6-16(7-11-19)12-22-20-13-21(27-23(20)26-15-25-22)18-8-4-17(14-28)5-9-18/h4-11,13,15,28H,12,14H2,1-3H3,(H,25,26,27). The summed E-state index contributed by atoms with van der Waals surface area (Å²) in [5, 5.41) is 10.3. The van der Waals surface area contributed by atoms with Crippen molar-refractivity contribution in [2.75, 3.05) is 0 Å². The Hall–Kier alpha value is -2.98. The van der Waals surface area contributed by atoms with Gasteiger partial charge < -0.3 is 10.1 Å². The highest BCUT2D eigenvalue weighted by Crippen LogP contribution is 2.27. The first kappa shape index (κ1) is 18.4. The lowest BCUT2D eigenvalue weighted by Gasteiger charge is -2.19. The van der Waals surface area contributed by atoms with Gasteiger partial charge in [-0.1, -0.05) is 69.3 Å². The van der Waals surface area contributed by atoms with Crippen LogP contribution in [0.3, 0.4) is 0 Å². The molecule has 0 radical (unpaired) electrons. The van der Waals surface area contributed by atoms with Crippen LogP contribution in [-0.4, -0.2) is 20.1 Å². The maximum Gasteiger partial charge on any atom is 0.141 e. The van der Waals surface area contributed by atoms with Gasteiger partial charge in [-0.25, -0.2) is 9.97 Å². The molecule has 4 heteroatoms. The molecule has 0 spiro atoms. The Morgan fingerprint density at radius 1 is 0.893 bits per heavy atom. The van der Waals surface area contributed by atoms with Crippen LogP contribution in [0.15, 0.2) is 60.9 Å². The number of aliphatic hydroxyl groups excluding tert-OH is 1. The van der Waals surface area contributed by atoms with Gasteiger partial charge in [0.25, 0.3) is 0 Å². The summed E-state index contributed by atoms with van der Waals surface area (Å²) in [6, 6.07) is 18.8. The van der Waals surface area contributed by atoms with E-state index in [1.54, 1.807) is 6.33 Å². The number of aliphatic hydroxyl groups is 1. The molecule has 0 fully saturated rings. The SMILES string of the molecule is CC(C)(C)c1ccc(Cc2ncnc3[nH]c(-c4ccc(CO)cc4)cc23)cc1. The monoisotopic (exact) mass is 371 g/mol. The number of aromatic nitrogens is 3. The zero-order valence-corrected chi connectivity index (χ0v) is 16.5. The van der Waals surface area contributed by atoms with Crippen molar-refractivity contribution in [2.45, 2.75) is 39.2 Å². The predicted octanol–water partition coefficient (Wildman–Crippen LogP) is 5.01. The summed E-state index contributed by atoms with van der Waals surface area (Å²) in [7, 11) is 0. The summed E-state index contributed by atoms with van der Waals surface area (Å²) in [5.74, 6) is 0. The van der Waals surface area contributed by atoms with Crippen LogP contribution in [0, 0.1) is 0 Å². The second-order valence-electron chi connectivity index (χ2n) is 8.24. The molecule has 0 saturated carbocycles. The number of nitrogens with zero attached hydrogens (tertiary/aromatic N) is 2. The van der Waals surface area contributed by atoms with Crippen LogP contribution in [0.4, 0.5) is 0 Å². The van der Waals surface area contributed by atoms with Gasteiger partial charge >= 0.3 is 0 Å². The highest BCUT2D eigenvalue weighted by molar-refractivity contribution is 5.85. The van der Waals surface area contributed by atoms with Crippen LogP contribution >= 0.6 is 0 Å². The van der Waals surface area contributed by atoms with Crippen molar-refractivity contribution in [3.63, 3.8) is 0 Å². The number of fused-ring (bicyclic) bond motifs is 1.